The van der Waals surface area contributed by atoms with Gasteiger partial charge in [-0.05, 0) is 25.9 Å². The van der Waals surface area contributed by atoms with Crippen LogP contribution in [0, 0.1) is 5.92 Å². The largest absolute Gasteiger partial charge is 0.306 e. The molecule has 0 aliphatic heterocycles. The SMILES string of the molecule is CN(CCS)CCC1CCCC1. The Morgan fingerprint density at radius 1 is 1.25 bits per heavy atom. The van der Waals surface area contributed by atoms with Crippen LogP contribution < -0.4 is 0 Å². The molecule has 1 aliphatic carbocycles. The van der Waals surface area contributed by atoms with E-state index in [-0.39, 0.29) is 0 Å². The van der Waals surface area contributed by atoms with Crippen LogP contribution >= 0.6 is 12.6 Å². The van der Waals surface area contributed by atoms with Crippen LogP contribution in [0.3, 0.4) is 0 Å². The molecule has 0 aromatic carbocycles. The van der Waals surface area contributed by atoms with Gasteiger partial charge in [0.1, 0.15) is 0 Å². The fourth-order valence-corrected chi connectivity index (χ4v) is 2.33. The van der Waals surface area contributed by atoms with E-state index in [4.69, 9.17) is 0 Å². The third-order valence-corrected chi connectivity index (χ3v) is 3.08. The second kappa shape index (κ2) is 5.87. The first-order chi connectivity index (χ1) is 5.83. The lowest BCUT2D eigenvalue weighted by atomic mass is 10.0. The maximum Gasteiger partial charge on any atom is 0.00668 e. The average molecular weight is 187 g/mol. The van der Waals surface area contributed by atoms with Gasteiger partial charge in [0, 0.05) is 12.3 Å². The summed E-state index contributed by atoms with van der Waals surface area (Å²) in [7, 11) is 2.20. The molecule has 1 nitrogen and oxygen atoms in total. The lowest BCUT2D eigenvalue weighted by Crippen LogP contribution is -2.23. The van der Waals surface area contributed by atoms with Crippen LogP contribution in [0.15, 0.2) is 0 Å². The molecule has 1 saturated carbocycles. The van der Waals surface area contributed by atoms with E-state index < -0.39 is 0 Å². The van der Waals surface area contributed by atoms with Crippen molar-refractivity contribution < 1.29 is 0 Å². The zero-order valence-electron chi connectivity index (χ0n) is 8.13. The number of hydrogen-bond acceptors (Lipinski definition) is 2. The lowest BCUT2D eigenvalue weighted by molar-refractivity contribution is 0.316. The zero-order valence-corrected chi connectivity index (χ0v) is 9.02. The molecule has 0 aromatic heterocycles. The summed E-state index contributed by atoms with van der Waals surface area (Å²) >= 11 is 4.22. The minimum absolute atomic E-state index is 0.987. The Labute approximate surface area is 81.9 Å². The van der Waals surface area contributed by atoms with E-state index in [2.05, 4.69) is 24.6 Å². The summed E-state index contributed by atoms with van der Waals surface area (Å²) < 4.78 is 0. The summed E-state index contributed by atoms with van der Waals surface area (Å²) in [5.74, 6) is 2.02. The first kappa shape index (κ1) is 10.4. The molecular weight excluding hydrogens is 166 g/mol. The molecule has 0 N–H and O–H groups in total. The minimum atomic E-state index is 0.987. The van der Waals surface area contributed by atoms with E-state index in [1.807, 2.05) is 0 Å². The number of rotatable bonds is 5. The lowest BCUT2D eigenvalue weighted by Gasteiger charge is -2.17. The van der Waals surface area contributed by atoms with Crippen LogP contribution in [0.25, 0.3) is 0 Å². The van der Waals surface area contributed by atoms with Crippen molar-refractivity contribution in [3.8, 4) is 0 Å². The molecule has 0 unspecified atom stereocenters. The highest BCUT2D eigenvalue weighted by molar-refractivity contribution is 7.80. The van der Waals surface area contributed by atoms with Crippen LogP contribution in [-0.2, 0) is 0 Å². The monoisotopic (exact) mass is 187 g/mol. The quantitative estimate of drug-likeness (QED) is 0.647. The first-order valence-corrected chi connectivity index (χ1v) is 5.75. The van der Waals surface area contributed by atoms with Gasteiger partial charge < -0.3 is 4.90 Å². The van der Waals surface area contributed by atoms with Crippen molar-refractivity contribution in [2.24, 2.45) is 5.92 Å². The number of hydrogen-bond donors (Lipinski definition) is 1. The molecule has 0 radical (unpaired) electrons. The van der Waals surface area contributed by atoms with E-state index in [0.29, 0.717) is 0 Å². The van der Waals surface area contributed by atoms with Crippen molar-refractivity contribution in [3.05, 3.63) is 0 Å². The Balaban J connectivity index is 1.99. The van der Waals surface area contributed by atoms with Gasteiger partial charge in [-0.1, -0.05) is 25.7 Å². The molecule has 1 rings (SSSR count). The van der Waals surface area contributed by atoms with E-state index >= 15 is 0 Å². The fraction of sp³-hybridized carbons (Fsp3) is 1.00. The Morgan fingerprint density at radius 3 is 2.50 bits per heavy atom. The second-order valence-electron chi connectivity index (χ2n) is 3.97. The molecule has 0 amide bonds. The molecule has 0 heterocycles. The second-order valence-corrected chi connectivity index (χ2v) is 4.41. The van der Waals surface area contributed by atoms with Gasteiger partial charge in [-0.3, -0.25) is 0 Å². The fourth-order valence-electron chi connectivity index (χ4n) is 1.98. The van der Waals surface area contributed by atoms with Gasteiger partial charge in [0.05, 0.1) is 0 Å². The molecule has 1 fully saturated rings. The highest BCUT2D eigenvalue weighted by Crippen LogP contribution is 2.27. The van der Waals surface area contributed by atoms with Crippen LogP contribution in [-0.4, -0.2) is 30.8 Å². The molecular formula is C10H21NS. The molecule has 72 valence electrons. The molecule has 2 heteroatoms. The predicted octanol–water partition coefficient (Wildman–Crippen LogP) is 2.43. The molecule has 0 saturated heterocycles. The zero-order chi connectivity index (χ0) is 8.81. The van der Waals surface area contributed by atoms with Crippen molar-refractivity contribution in [2.45, 2.75) is 32.1 Å². The molecule has 1 aliphatic rings. The summed E-state index contributed by atoms with van der Waals surface area (Å²) in [6.07, 6.45) is 7.32. The van der Waals surface area contributed by atoms with E-state index in [0.717, 1.165) is 18.2 Å². The van der Waals surface area contributed by atoms with Gasteiger partial charge in [-0.25, -0.2) is 0 Å². The third kappa shape index (κ3) is 3.81. The Morgan fingerprint density at radius 2 is 1.92 bits per heavy atom. The molecule has 0 aromatic rings. The van der Waals surface area contributed by atoms with Crippen molar-refractivity contribution in [1.82, 2.24) is 4.90 Å². The van der Waals surface area contributed by atoms with E-state index in [1.165, 1.54) is 38.6 Å². The maximum atomic E-state index is 4.22. The maximum absolute atomic E-state index is 4.22. The molecule has 0 spiro atoms. The van der Waals surface area contributed by atoms with E-state index in [1.54, 1.807) is 0 Å². The van der Waals surface area contributed by atoms with Crippen molar-refractivity contribution in [2.75, 3.05) is 25.9 Å². The Hall–Kier alpha value is 0.310. The van der Waals surface area contributed by atoms with Crippen molar-refractivity contribution >= 4 is 12.6 Å². The van der Waals surface area contributed by atoms with Crippen molar-refractivity contribution in [3.63, 3.8) is 0 Å². The standard InChI is InChI=1S/C10H21NS/c1-11(8-9-12)7-6-10-4-2-3-5-10/h10,12H,2-9H2,1H3. The highest BCUT2D eigenvalue weighted by Gasteiger charge is 2.14. The minimum Gasteiger partial charge on any atom is -0.306 e. The topological polar surface area (TPSA) is 3.24 Å². The summed E-state index contributed by atoms with van der Waals surface area (Å²) in [5.41, 5.74) is 0. The highest BCUT2D eigenvalue weighted by atomic mass is 32.1. The average Bonchev–Trinajstić information content (AvgIpc) is 2.53. The van der Waals surface area contributed by atoms with Gasteiger partial charge in [-0.15, -0.1) is 0 Å². The molecule has 12 heavy (non-hydrogen) atoms. The molecule has 0 atom stereocenters. The van der Waals surface area contributed by atoms with Gasteiger partial charge in [0.2, 0.25) is 0 Å². The van der Waals surface area contributed by atoms with Gasteiger partial charge in [0.15, 0.2) is 0 Å². The smallest absolute Gasteiger partial charge is 0.00668 e. The van der Waals surface area contributed by atoms with Gasteiger partial charge >= 0.3 is 0 Å². The Bertz CT molecular complexity index is 110. The van der Waals surface area contributed by atoms with Crippen molar-refractivity contribution in [1.29, 1.82) is 0 Å². The first-order valence-electron chi connectivity index (χ1n) is 5.12. The van der Waals surface area contributed by atoms with E-state index in [9.17, 15) is 0 Å². The predicted molar refractivity (Wildman–Crippen MR) is 57.9 cm³/mol. The Kier molecular flexibility index (Phi) is 5.08. The van der Waals surface area contributed by atoms with Gasteiger partial charge in [0.25, 0.3) is 0 Å². The summed E-state index contributed by atoms with van der Waals surface area (Å²) in [6, 6.07) is 0. The third-order valence-electron chi connectivity index (χ3n) is 2.88. The summed E-state index contributed by atoms with van der Waals surface area (Å²) in [6.45, 7) is 2.40. The van der Waals surface area contributed by atoms with Crippen LogP contribution in [0.5, 0.6) is 0 Å². The number of nitrogens with zero attached hydrogens (tertiary/aromatic N) is 1. The number of thiol groups is 1. The summed E-state index contributed by atoms with van der Waals surface area (Å²) in [5, 5.41) is 0. The normalized spacial score (nSPS) is 19.2. The van der Waals surface area contributed by atoms with Crippen LogP contribution in [0.1, 0.15) is 32.1 Å². The van der Waals surface area contributed by atoms with Crippen LogP contribution in [0.4, 0.5) is 0 Å². The van der Waals surface area contributed by atoms with Crippen LogP contribution in [0.2, 0.25) is 0 Å². The van der Waals surface area contributed by atoms with Gasteiger partial charge in [-0.2, -0.15) is 12.6 Å². The molecule has 0 bridgehead atoms. The summed E-state index contributed by atoms with van der Waals surface area (Å²) in [4.78, 5) is 2.39.